The summed E-state index contributed by atoms with van der Waals surface area (Å²) in [6.07, 6.45) is 1.14. The van der Waals surface area contributed by atoms with Gasteiger partial charge in [0.15, 0.2) is 11.7 Å². The van der Waals surface area contributed by atoms with Crippen molar-refractivity contribution in [1.82, 2.24) is 9.97 Å². The molecule has 5 aromatic rings. The number of aromatic amines is 1. The molecule has 0 saturated heterocycles. The van der Waals surface area contributed by atoms with E-state index in [1.54, 1.807) is 25.1 Å². The highest BCUT2D eigenvalue weighted by atomic mass is 16.5. The number of anilines is 1. The van der Waals surface area contributed by atoms with Crippen LogP contribution in [0.15, 0.2) is 83.4 Å². The molecule has 0 aliphatic carbocycles. The second kappa shape index (κ2) is 7.40. The Hall–Kier alpha value is -4.06. The third kappa shape index (κ3) is 3.39. The Morgan fingerprint density at radius 3 is 2.80 bits per heavy atom. The van der Waals surface area contributed by atoms with Crippen LogP contribution in [0.5, 0.6) is 5.75 Å². The van der Waals surface area contributed by atoms with Crippen molar-refractivity contribution in [3.63, 3.8) is 0 Å². The quantitative estimate of drug-likeness (QED) is 0.417. The molecule has 1 amide bonds. The van der Waals surface area contributed by atoms with Gasteiger partial charge in [-0.3, -0.25) is 4.79 Å². The molecule has 5 rings (SSSR count). The van der Waals surface area contributed by atoms with E-state index < -0.39 is 6.10 Å². The van der Waals surface area contributed by atoms with Gasteiger partial charge in [0, 0.05) is 17.3 Å². The van der Waals surface area contributed by atoms with E-state index in [0.29, 0.717) is 28.4 Å². The number of carbonyl (C=O) groups excluding carboxylic acids is 1. The molecular weight excluding hydrogens is 378 g/mol. The molecule has 0 unspecified atom stereocenters. The van der Waals surface area contributed by atoms with Crippen LogP contribution < -0.4 is 10.1 Å². The molecule has 148 valence electrons. The molecule has 0 bridgehead atoms. The molecule has 0 aliphatic heterocycles. The summed E-state index contributed by atoms with van der Waals surface area (Å²) in [6.45, 7) is 1.73. The first-order valence-electron chi connectivity index (χ1n) is 9.67. The summed E-state index contributed by atoms with van der Waals surface area (Å²) in [4.78, 5) is 20.3. The van der Waals surface area contributed by atoms with Crippen molar-refractivity contribution < 1.29 is 13.9 Å². The van der Waals surface area contributed by atoms with Gasteiger partial charge in [-0.15, -0.1) is 0 Å². The van der Waals surface area contributed by atoms with Crippen molar-refractivity contribution >= 4 is 33.5 Å². The first kappa shape index (κ1) is 18.0. The molecule has 0 aliphatic rings. The Morgan fingerprint density at radius 2 is 1.93 bits per heavy atom. The van der Waals surface area contributed by atoms with Crippen LogP contribution >= 0.6 is 0 Å². The lowest BCUT2D eigenvalue weighted by atomic mass is 10.1. The number of hydrogen-bond donors (Lipinski definition) is 2. The summed E-state index contributed by atoms with van der Waals surface area (Å²) in [7, 11) is 0. The Balaban J connectivity index is 1.33. The fourth-order valence-electron chi connectivity index (χ4n) is 3.37. The Kier molecular flexibility index (Phi) is 4.44. The molecule has 0 fully saturated rings. The van der Waals surface area contributed by atoms with Gasteiger partial charge in [0.2, 0.25) is 5.89 Å². The molecule has 6 nitrogen and oxygen atoms in total. The number of fused-ring (bicyclic) bond motifs is 2. The van der Waals surface area contributed by atoms with E-state index in [-0.39, 0.29) is 5.91 Å². The molecule has 3 aromatic carbocycles. The Labute approximate surface area is 172 Å². The zero-order valence-corrected chi connectivity index (χ0v) is 16.3. The average Bonchev–Trinajstić information content (AvgIpc) is 3.43. The number of carbonyl (C=O) groups is 1. The van der Waals surface area contributed by atoms with Crippen LogP contribution in [-0.4, -0.2) is 22.0 Å². The normalized spacial score (nSPS) is 12.2. The topological polar surface area (TPSA) is 80.1 Å². The first-order chi connectivity index (χ1) is 14.7. The maximum absolute atomic E-state index is 12.7. The molecule has 0 saturated carbocycles. The van der Waals surface area contributed by atoms with E-state index in [9.17, 15) is 4.79 Å². The van der Waals surface area contributed by atoms with Gasteiger partial charge in [0.05, 0.1) is 0 Å². The minimum atomic E-state index is -0.668. The third-order valence-corrected chi connectivity index (χ3v) is 4.91. The van der Waals surface area contributed by atoms with E-state index in [2.05, 4.69) is 15.3 Å². The lowest BCUT2D eigenvalue weighted by molar-refractivity contribution is -0.122. The van der Waals surface area contributed by atoms with Gasteiger partial charge in [-0.25, -0.2) is 4.98 Å². The highest BCUT2D eigenvalue weighted by Gasteiger charge is 2.17. The van der Waals surface area contributed by atoms with Crippen molar-refractivity contribution in [3.05, 3.63) is 79.0 Å². The van der Waals surface area contributed by atoms with Gasteiger partial charge in [-0.1, -0.05) is 36.4 Å². The second-order valence-electron chi connectivity index (χ2n) is 7.01. The number of H-pyrrole nitrogens is 1. The molecule has 2 N–H and O–H groups in total. The standard InChI is InChI=1S/C24H19N3O3/c1-15(29-21-10-4-7-16-6-2-3-8-18(16)21)23(28)26-17-11-12-22-20(14-17)27-24(30-22)19-9-5-13-25-19/h2-15,25H,1H3,(H,26,28)/t15-/m0/s1. The summed E-state index contributed by atoms with van der Waals surface area (Å²) in [5.74, 6) is 0.944. The van der Waals surface area contributed by atoms with E-state index in [1.807, 2.05) is 60.8 Å². The Morgan fingerprint density at radius 1 is 1.07 bits per heavy atom. The van der Waals surface area contributed by atoms with E-state index in [0.717, 1.165) is 16.5 Å². The summed E-state index contributed by atoms with van der Waals surface area (Å²) in [5, 5.41) is 4.93. The van der Waals surface area contributed by atoms with E-state index in [1.165, 1.54) is 0 Å². The van der Waals surface area contributed by atoms with Gasteiger partial charge >= 0.3 is 0 Å². The van der Waals surface area contributed by atoms with Crippen LogP contribution in [0.1, 0.15) is 6.92 Å². The summed E-state index contributed by atoms with van der Waals surface area (Å²) < 4.78 is 11.7. The predicted molar refractivity (Wildman–Crippen MR) is 116 cm³/mol. The monoisotopic (exact) mass is 397 g/mol. The van der Waals surface area contributed by atoms with Crippen LogP contribution in [0.2, 0.25) is 0 Å². The fourth-order valence-corrected chi connectivity index (χ4v) is 3.37. The number of ether oxygens (including phenoxy) is 1. The molecule has 0 spiro atoms. The zero-order valence-electron chi connectivity index (χ0n) is 16.3. The average molecular weight is 397 g/mol. The van der Waals surface area contributed by atoms with Crippen molar-refractivity contribution in [3.8, 4) is 17.3 Å². The van der Waals surface area contributed by atoms with Crippen LogP contribution in [0.25, 0.3) is 33.5 Å². The smallest absolute Gasteiger partial charge is 0.265 e. The van der Waals surface area contributed by atoms with Gasteiger partial charge in [-0.2, -0.15) is 0 Å². The van der Waals surface area contributed by atoms with Crippen LogP contribution in [0.3, 0.4) is 0 Å². The van der Waals surface area contributed by atoms with Gasteiger partial charge in [0.25, 0.3) is 5.91 Å². The molecule has 30 heavy (non-hydrogen) atoms. The highest BCUT2D eigenvalue weighted by molar-refractivity contribution is 5.96. The maximum atomic E-state index is 12.7. The van der Waals surface area contributed by atoms with Crippen LogP contribution in [0, 0.1) is 0 Å². The first-order valence-corrected chi connectivity index (χ1v) is 9.67. The predicted octanol–water partition coefficient (Wildman–Crippen LogP) is 5.38. The largest absolute Gasteiger partial charge is 0.480 e. The molecular formula is C24H19N3O3. The number of rotatable bonds is 5. The van der Waals surface area contributed by atoms with Crippen molar-refractivity contribution in [2.45, 2.75) is 13.0 Å². The van der Waals surface area contributed by atoms with Crippen molar-refractivity contribution in [1.29, 1.82) is 0 Å². The van der Waals surface area contributed by atoms with E-state index in [4.69, 9.17) is 9.15 Å². The number of amides is 1. The molecule has 1 atom stereocenters. The van der Waals surface area contributed by atoms with E-state index >= 15 is 0 Å². The highest BCUT2D eigenvalue weighted by Crippen LogP contribution is 2.27. The number of oxazole rings is 1. The lowest BCUT2D eigenvalue weighted by Gasteiger charge is -2.16. The molecule has 2 aromatic heterocycles. The van der Waals surface area contributed by atoms with Crippen LogP contribution in [-0.2, 0) is 4.79 Å². The number of nitrogens with zero attached hydrogens (tertiary/aromatic N) is 1. The minimum Gasteiger partial charge on any atom is -0.480 e. The number of benzene rings is 3. The van der Waals surface area contributed by atoms with Crippen LogP contribution in [0.4, 0.5) is 5.69 Å². The number of aromatic nitrogens is 2. The summed E-state index contributed by atoms with van der Waals surface area (Å²) >= 11 is 0. The number of hydrogen-bond acceptors (Lipinski definition) is 4. The molecule has 6 heteroatoms. The Bertz CT molecular complexity index is 1330. The maximum Gasteiger partial charge on any atom is 0.265 e. The minimum absolute atomic E-state index is 0.240. The summed E-state index contributed by atoms with van der Waals surface area (Å²) in [5.41, 5.74) is 2.75. The molecule has 2 heterocycles. The van der Waals surface area contributed by atoms with Crippen molar-refractivity contribution in [2.75, 3.05) is 5.32 Å². The molecule has 0 radical (unpaired) electrons. The summed E-state index contributed by atoms with van der Waals surface area (Å²) in [6, 6.07) is 22.9. The van der Waals surface area contributed by atoms with Gasteiger partial charge < -0.3 is 19.5 Å². The fraction of sp³-hybridized carbons (Fsp3) is 0.0833. The van der Waals surface area contributed by atoms with Gasteiger partial charge in [0.1, 0.15) is 17.0 Å². The second-order valence-corrected chi connectivity index (χ2v) is 7.01. The zero-order chi connectivity index (χ0) is 20.5. The number of nitrogens with one attached hydrogen (secondary N) is 2. The third-order valence-electron chi connectivity index (χ3n) is 4.91. The SMILES string of the molecule is C[C@H](Oc1cccc2ccccc12)C(=O)Nc1ccc2oc(-c3ccc[nH]3)nc2c1. The van der Waals surface area contributed by atoms with Crippen molar-refractivity contribution in [2.24, 2.45) is 0 Å². The van der Waals surface area contributed by atoms with Gasteiger partial charge in [-0.05, 0) is 48.7 Å². The lowest BCUT2D eigenvalue weighted by Crippen LogP contribution is -2.30.